The number of nitrogens with zero attached hydrogens (tertiary/aromatic N) is 1. The van der Waals surface area contributed by atoms with Gasteiger partial charge in [0, 0.05) is 18.3 Å². The highest BCUT2D eigenvalue weighted by atomic mass is 16.5. The highest BCUT2D eigenvalue weighted by Gasteiger charge is 2.14. The van der Waals surface area contributed by atoms with Crippen molar-refractivity contribution in [2.24, 2.45) is 0 Å². The van der Waals surface area contributed by atoms with Crippen LogP contribution in [0.1, 0.15) is 13.3 Å². The minimum absolute atomic E-state index is 0.0287. The first-order chi connectivity index (χ1) is 10.2. The molecule has 0 unspecified atom stereocenters. The number of benzene rings is 2. The summed E-state index contributed by atoms with van der Waals surface area (Å²) in [4.78, 5) is 13.9. The van der Waals surface area contributed by atoms with Gasteiger partial charge in [0.2, 0.25) is 5.91 Å². The number of carbonyl (C=O) groups is 1. The van der Waals surface area contributed by atoms with E-state index in [-0.39, 0.29) is 11.7 Å². The molecule has 0 fully saturated rings. The van der Waals surface area contributed by atoms with Gasteiger partial charge in [0.15, 0.2) is 0 Å². The van der Waals surface area contributed by atoms with Crippen molar-refractivity contribution in [1.82, 2.24) is 0 Å². The van der Waals surface area contributed by atoms with E-state index in [1.807, 2.05) is 37.3 Å². The highest BCUT2D eigenvalue weighted by Crippen LogP contribution is 2.20. The van der Waals surface area contributed by atoms with Crippen LogP contribution < -0.4 is 9.64 Å². The van der Waals surface area contributed by atoms with Crippen LogP contribution in [0.2, 0.25) is 0 Å². The van der Waals surface area contributed by atoms with Gasteiger partial charge in [-0.15, -0.1) is 0 Å². The first kappa shape index (κ1) is 14.9. The number of anilines is 1. The molecule has 2 rings (SSSR count). The lowest BCUT2D eigenvalue weighted by atomic mass is 10.2. The van der Waals surface area contributed by atoms with Crippen LogP contribution in [0.4, 0.5) is 5.69 Å². The molecular formula is C17H19NO3. The number of para-hydroxylation sites is 1. The molecule has 1 N–H and O–H groups in total. The Bertz CT molecular complexity index is 584. The minimum atomic E-state index is -0.0287. The smallest absolute Gasteiger partial charge is 0.230 e. The van der Waals surface area contributed by atoms with Crippen LogP contribution >= 0.6 is 0 Å². The molecule has 0 spiro atoms. The van der Waals surface area contributed by atoms with Gasteiger partial charge in [0.1, 0.15) is 11.5 Å². The number of carbonyl (C=O) groups excluding carboxylic acids is 1. The Morgan fingerprint density at radius 3 is 2.57 bits per heavy atom. The van der Waals surface area contributed by atoms with Gasteiger partial charge in [-0.3, -0.25) is 4.79 Å². The summed E-state index contributed by atoms with van der Waals surface area (Å²) in [6, 6.07) is 16.1. The quantitative estimate of drug-likeness (QED) is 0.886. The number of phenolic OH excluding ortho intramolecular Hbond substituents is 1. The van der Waals surface area contributed by atoms with Crippen LogP contribution in [0.3, 0.4) is 0 Å². The fourth-order valence-electron chi connectivity index (χ4n) is 2.07. The minimum Gasteiger partial charge on any atom is -0.508 e. The normalized spacial score (nSPS) is 10.1. The zero-order valence-corrected chi connectivity index (χ0v) is 12.0. The molecule has 0 aliphatic rings. The predicted molar refractivity (Wildman–Crippen MR) is 82.7 cm³/mol. The van der Waals surface area contributed by atoms with Gasteiger partial charge >= 0.3 is 0 Å². The lowest BCUT2D eigenvalue weighted by Gasteiger charge is -2.21. The molecule has 2 aromatic rings. The number of amides is 1. The molecule has 110 valence electrons. The lowest BCUT2D eigenvalue weighted by Crippen LogP contribution is -2.31. The highest BCUT2D eigenvalue weighted by molar-refractivity contribution is 5.93. The van der Waals surface area contributed by atoms with Crippen LogP contribution in [0.25, 0.3) is 0 Å². The van der Waals surface area contributed by atoms with E-state index in [1.54, 1.807) is 29.2 Å². The van der Waals surface area contributed by atoms with E-state index in [1.165, 1.54) is 0 Å². The zero-order valence-electron chi connectivity index (χ0n) is 12.0. The van der Waals surface area contributed by atoms with Crippen LogP contribution in [0, 0.1) is 0 Å². The standard InChI is InChI=1S/C17H19NO3/c1-2-18(14-7-6-8-15(19)13-14)17(20)11-12-21-16-9-4-3-5-10-16/h3-10,13,19H,2,11-12H2,1H3. The Balaban J connectivity index is 1.92. The average Bonchev–Trinajstić information content (AvgIpc) is 2.49. The summed E-state index contributed by atoms with van der Waals surface area (Å²) in [6.45, 7) is 2.78. The van der Waals surface area contributed by atoms with Crippen molar-refractivity contribution in [3.8, 4) is 11.5 Å². The zero-order chi connectivity index (χ0) is 15.1. The molecule has 0 radical (unpaired) electrons. The summed E-state index contributed by atoms with van der Waals surface area (Å²) >= 11 is 0. The van der Waals surface area contributed by atoms with Crippen molar-refractivity contribution in [1.29, 1.82) is 0 Å². The van der Waals surface area contributed by atoms with Gasteiger partial charge in [0.05, 0.1) is 13.0 Å². The Labute approximate surface area is 124 Å². The molecule has 0 atom stereocenters. The topological polar surface area (TPSA) is 49.8 Å². The van der Waals surface area contributed by atoms with E-state index in [0.717, 1.165) is 5.75 Å². The number of ether oxygens (including phenoxy) is 1. The number of phenols is 1. The van der Waals surface area contributed by atoms with Crippen LogP contribution in [-0.4, -0.2) is 24.2 Å². The molecule has 4 nitrogen and oxygen atoms in total. The summed E-state index contributed by atoms with van der Waals surface area (Å²) in [5.41, 5.74) is 0.696. The Kier molecular flexibility index (Phi) is 5.21. The SMILES string of the molecule is CCN(C(=O)CCOc1ccccc1)c1cccc(O)c1. The molecule has 4 heteroatoms. The number of rotatable bonds is 6. The number of hydrogen-bond acceptors (Lipinski definition) is 3. The lowest BCUT2D eigenvalue weighted by molar-refractivity contribution is -0.119. The summed E-state index contributed by atoms with van der Waals surface area (Å²) in [5.74, 6) is 0.879. The Morgan fingerprint density at radius 1 is 1.14 bits per heavy atom. The maximum atomic E-state index is 12.2. The monoisotopic (exact) mass is 285 g/mol. The van der Waals surface area contributed by atoms with Crippen molar-refractivity contribution in [2.75, 3.05) is 18.1 Å². The maximum Gasteiger partial charge on any atom is 0.230 e. The second kappa shape index (κ2) is 7.33. The van der Waals surface area contributed by atoms with Crippen molar-refractivity contribution < 1.29 is 14.6 Å². The van der Waals surface area contributed by atoms with E-state index in [2.05, 4.69) is 0 Å². The maximum absolute atomic E-state index is 12.2. The molecule has 0 saturated carbocycles. The second-order valence-corrected chi connectivity index (χ2v) is 4.57. The molecule has 1 amide bonds. The molecule has 0 aliphatic carbocycles. The molecule has 21 heavy (non-hydrogen) atoms. The fourth-order valence-corrected chi connectivity index (χ4v) is 2.07. The van der Waals surface area contributed by atoms with Gasteiger partial charge in [0.25, 0.3) is 0 Å². The van der Waals surface area contributed by atoms with E-state index in [4.69, 9.17) is 4.74 Å². The molecule has 0 heterocycles. The Hall–Kier alpha value is -2.49. The van der Waals surface area contributed by atoms with Crippen molar-refractivity contribution in [3.63, 3.8) is 0 Å². The summed E-state index contributed by atoms with van der Waals surface area (Å²) in [7, 11) is 0. The van der Waals surface area contributed by atoms with Crippen LogP contribution in [0.15, 0.2) is 54.6 Å². The third-order valence-electron chi connectivity index (χ3n) is 3.09. The van der Waals surface area contributed by atoms with Crippen molar-refractivity contribution in [2.45, 2.75) is 13.3 Å². The summed E-state index contributed by atoms with van der Waals surface area (Å²) in [6.07, 6.45) is 0.290. The molecule has 0 aliphatic heterocycles. The predicted octanol–water partition coefficient (Wildman–Crippen LogP) is 3.21. The van der Waals surface area contributed by atoms with Crippen molar-refractivity contribution in [3.05, 3.63) is 54.6 Å². The molecule has 0 aromatic heterocycles. The molecule has 0 saturated heterocycles. The Morgan fingerprint density at radius 2 is 1.90 bits per heavy atom. The van der Waals surface area contributed by atoms with Gasteiger partial charge in [-0.1, -0.05) is 24.3 Å². The van der Waals surface area contributed by atoms with Gasteiger partial charge < -0.3 is 14.7 Å². The molecule has 2 aromatic carbocycles. The van der Waals surface area contributed by atoms with Crippen LogP contribution in [-0.2, 0) is 4.79 Å². The van der Waals surface area contributed by atoms with Gasteiger partial charge in [-0.25, -0.2) is 0 Å². The van der Waals surface area contributed by atoms with E-state index < -0.39 is 0 Å². The van der Waals surface area contributed by atoms with Crippen LogP contribution in [0.5, 0.6) is 11.5 Å². The summed E-state index contributed by atoms with van der Waals surface area (Å²) < 4.78 is 5.53. The van der Waals surface area contributed by atoms with Gasteiger partial charge in [-0.05, 0) is 31.2 Å². The third-order valence-corrected chi connectivity index (χ3v) is 3.09. The van der Waals surface area contributed by atoms with E-state index in [0.29, 0.717) is 25.3 Å². The average molecular weight is 285 g/mol. The number of aromatic hydroxyl groups is 1. The molecular weight excluding hydrogens is 266 g/mol. The first-order valence-electron chi connectivity index (χ1n) is 6.98. The van der Waals surface area contributed by atoms with E-state index >= 15 is 0 Å². The molecule has 0 bridgehead atoms. The summed E-state index contributed by atoms with van der Waals surface area (Å²) in [5, 5.41) is 9.50. The third kappa shape index (κ3) is 4.24. The van der Waals surface area contributed by atoms with E-state index in [9.17, 15) is 9.90 Å². The first-order valence-corrected chi connectivity index (χ1v) is 6.98. The van der Waals surface area contributed by atoms with Gasteiger partial charge in [-0.2, -0.15) is 0 Å². The number of hydrogen-bond donors (Lipinski definition) is 1. The largest absolute Gasteiger partial charge is 0.508 e. The fraction of sp³-hybridized carbons (Fsp3) is 0.235. The second-order valence-electron chi connectivity index (χ2n) is 4.57. The van der Waals surface area contributed by atoms with Crippen molar-refractivity contribution >= 4 is 11.6 Å².